The Bertz CT molecular complexity index is 1370. The van der Waals surface area contributed by atoms with Crippen LogP contribution >= 0.6 is 35.3 Å². The minimum absolute atomic E-state index is 0.207. The number of amides is 1. The van der Waals surface area contributed by atoms with Crippen molar-refractivity contribution in [3.8, 4) is 11.3 Å². The molecule has 1 aliphatic heterocycles. The monoisotopic (exact) mass is 515 g/mol. The molecule has 6 nitrogen and oxygen atoms in total. The van der Waals surface area contributed by atoms with Crippen LogP contribution in [-0.4, -0.2) is 26.4 Å². The van der Waals surface area contributed by atoms with Crippen molar-refractivity contribution < 1.29 is 4.79 Å². The molecule has 0 spiro atoms. The molecule has 2 heterocycles. The van der Waals surface area contributed by atoms with Gasteiger partial charge in [0.2, 0.25) is 0 Å². The third-order valence-electron chi connectivity index (χ3n) is 5.27. The van der Waals surface area contributed by atoms with Crippen LogP contribution in [0.25, 0.3) is 17.0 Å². The minimum Gasteiger partial charge on any atom is -0.315 e. The second-order valence-electron chi connectivity index (χ2n) is 7.58. The second-order valence-corrected chi connectivity index (χ2v) is 9.95. The summed E-state index contributed by atoms with van der Waals surface area (Å²) in [5.74, 6) is -0.207. The van der Waals surface area contributed by atoms with E-state index in [4.69, 9.17) is 18.0 Å². The molecule has 4 N–H and O–H groups in total. The van der Waals surface area contributed by atoms with Crippen LogP contribution in [0.5, 0.6) is 0 Å². The molecule has 35 heavy (non-hydrogen) atoms. The number of aromatic nitrogens is 1. The SMILES string of the molecule is NC1SC(NC(=O)c2ccccc2)=C(c2ccccc2)N1C(=S)Nc1nc(-c2ccccc2)cs1. The summed E-state index contributed by atoms with van der Waals surface area (Å²) in [7, 11) is 0. The molecule has 5 rings (SSSR count). The van der Waals surface area contributed by atoms with Crippen LogP contribution in [0.15, 0.2) is 101 Å². The van der Waals surface area contributed by atoms with Crippen molar-refractivity contribution in [1.82, 2.24) is 15.2 Å². The van der Waals surface area contributed by atoms with Gasteiger partial charge in [-0.3, -0.25) is 9.69 Å². The van der Waals surface area contributed by atoms with Gasteiger partial charge in [-0.15, -0.1) is 11.3 Å². The van der Waals surface area contributed by atoms with Crippen LogP contribution in [-0.2, 0) is 0 Å². The first-order valence-corrected chi connectivity index (χ1v) is 13.0. The number of thioether (sulfide) groups is 1. The van der Waals surface area contributed by atoms with E-state index in [0.29, 0.717) is 20.8 Å². The number of benzene rings is 3. The first kappa shape index (κ1) is 23.3. The number of anilines is 1. The average molecular weight is 516 g/mol. The van der Waals surface area contributed by atoms with Crippen LogP contribution in [0.4, 0.5) is 5.13 Å². The highest BCUT2D eigenvalue weighted by Gasteiger charge is 2.35. The molecule has 0 aliphatic carbocycles. The predicted molar refractivity (Wildman–Crippen MR) is 148 cm³/mol. The summed E-state index contributed by atoms with van der Waals surface area (Å²) in [5.41, 5.74) is 10.1. The van der Waals surface area contributed by atoms with Crippen LogP contribution in [0.2, 0.25) is 0 Å². The zero-order valence-corrected chi connectivity index (χ0v) is 20.9. The third kappa shape index (κ3) is 5.13. The van der Waals surface area contributed by atoms with Crippen LogP contribution in [0.3, 0.4) is 0 Å². The summed E-state index contributed by atoms with van der Waals surface area (Å²) in [5, 5.41) is 9.96. The van der Waals surface area contributed by atoms with E-state index in [2.05, 4.69) is 15.6 Å². The first-order chi connectivity index (χ1) is 17.1. The van der Waals surface area contributed by atoms with Crippen molar-refractivity contribution in [2.45, 2.75) is 5.50 Å². The van der Waals surface area contributed by atoms with Crippen molar-refractivity contribution in [3.05, 3.63) is 113 Å². The molecule has 0 saturated carbocycles. The number of hydrogen-bond acceptors (Lipinski definition) is 6. The molecule has 9 heteroatoms. The van der Waals surface area contributed by atoms with Crippen LogP contribution in [0, 0.1) is 0 Å². The van der Waals surface area contributed by atoms with Crippen LogP contribution < -0.4 is 16.4 Å². The van der Waals surface area contributed by atoms with E-state index >= 15 is 0 Å². The van der Waals surface area contributed by atoms with Gasteiger partial charge in [0, 0.05) is 22.1 Å². The molecular formula is C26H21N5OS3. The largest absolute Gasteiger partial charge is 0.315 e. The van der Waals surface area contributed by atoms with Crippen molar-refractivity contribution in [1.29, 1.82) is 0 Å². The number of nitrogens with two attached hydrogens (primary N) is 1. The van der Waals surface area contributed by atoms with Gasteiger partial charge in [-0.05, 0) is 24.4 Å². The van der Waals surface area contributed by atoms with E-state index in [1.807, 2.05) is 89.1 Å². The van der Waals surface area contributed by atoms with Gasteiger partial charge in [-0.25, -0.2) is 4.98 Å². The standard InChI is InChI=1S/C26H21N5OS3/c27-24-31(26(33)30-25-28-20(16-34-25)17-10-4-1-5-11-17)21(18-12-6-2-7-13-18)23(35-24)29-22(32)19-14-8-3-9-15-19/h1-16,24H,27H2,(H,29,32)(H,28,30,33). The molecule has 3 aromatic carbocycles. The highest BCUT2D eigenvalue weighted by atomic mass is 32.2. The summed E-state index contributed by atoms with van der Waals surface area (Å²) in [4.78, 5) is 19.4. The molecular weight excluding hydrogens is 495 g/mol. The maximum Gasteiger partial charge on any atom is 0.256 e. The lowest BCUT2D eigenvalue weighted by molar-refractivity contribution is 0.0969. The van der Waals surface area contributed by atoms with Gasteiger partial charge in [-0.2, -0.15) is 0 Å². The summed E-state index contributed by atoms with van der Waals surface area (Å²) in [6.45, 7) is 0. The molecule has 0 bridgehead atoms. The van der Waals surface area contributed by atoms with Gasteiger partial charge in [0.05, 0.1) is 11.4 Å². The van der Waals surface area contributed by atoms with Gasteiger partial charge in [0.1, 0.15) is 10.5 Å². The maximum atomic E-state index is 12.9. The molecule has 1 unspecified atom stereocenters. The van der Waals surface area contributed by atoms with E-state index in [-0.39, 0.29) is 5.91 Å². The number of carbonyl (C=O) groups is 1. The Balaban J connectivity index is 1.43. The lowest BCUT2D eigenvalue weighted by Gasteiger charge is -2.26. The Labute approximate surface area is 216 Å². The van der Waals surface area contributed by atoms with E-state index in [1.54, 1.807) is 12.1 Å². The van der Waals surface area contributed by atoms with Gasteiger partial charge >= 0.3 is 0 Å². The van der Waals surface area contributed by atoms with Crippen molar-refractivity contribution in [2.75, 3.05) is 5.32 Å². The maximum absolute atomic E-state index is 12.9. The predicted octanol–water partition coefficient (Wildman–Crippen LogP) is 5.55. The Morgan fingerprint density at radius 2 is 1.49 bits per heavy atom. The number of carbonyl (C=O) groups excluding carboxylic acids is 1. The number of nitrogens with zero attached hydrogens (tertiary/aromatic N) is 2. The number of thiazole rings is 1. The number of hydrogen-bond donors (Lipinski definition) is 3. The van der Waals surface area contributed by atoms with E-state index in [1.165, 1.54) is 23.1 Å². The van der Waals surface area contributed by atoms with Gasteiger partial charge < -0.3 is 16.4 Å². The quantitative estimate of drug-likeness (QED) is 0.300. The highest BCUT2D eigenvalue weighted by molar-refractivity contribution is 8.04. The third-order valence-corrected chi connectivity index (χ3v) is 7.31. The van der Waals surface area contributed by atoms with Gasteiger partial charge in [0.25, 0.3) is 5.91 Å². The molecule has 1 aliphatic rings. The van der Waals surface area contributed by atoms with Crippen molar-refractivity contribution in [2.24, 2.45) is 5.73 Å². The smallest absolute Gasteiger partial charge is 0.256 e. The zero-order chi connectivity index (χ0) is 24.2. The Morgan fingerprint density at radius 1 is 0.886 bits per heavy atom. The van der Waals surface area contributed by atoms with Crippen molar-refractivity contribution in [3.63, 3.8) is 0 Å². The lowest BCUT2D eigenvalue weighted by Crippen LogP contribution is -2.41. The summed E-state index contributed by atoms with van der Waals surface area (Å²) >= 11 is 8.59. The molecule has 1 atom stereocenters. The molecule has 4 aromatic rings. The summed E-state index contributed by atoms with van der Waals surface area (Å²) in [6, 6.07) is 28.8. The fourth-order valence-electron chi connectivity index (χ4n) is 3.63. The van der Waals surface area contributed by atoms with E-state index in [9.17, 15) is 4.79 Å². The lowest BCUT2D eigenvalue weighted by atomic mass is 10.1. The molecule has 174 valence electrons. The fourth-order valence-corrected chi connectivity index (χ4v) is 5.82. The van der Waals surface area contributed by atoms with Crippen LogP contribution in [0.1, 0.15) is 15.9 Å². The molecule has 0 radical (unpaired) electrons. The van der Waals surface area contributed by atoms with E-state index < -0.39 is 5.50 Å². The molecule has 1 aromatic heterocycles. The first-order valence-electron chi connectivity index (χ1n) is 10.8. The topological polar surface area (TPSA) is 83.3 Å². The second kappa shape index (κ2) is 10.4. The highest BCUT2D eigenvalue weighted by Crippen LogP contribution is 2.40. The Hall–Kier alpha value is -3.50. The average Bonchev–Trinajstić information content (AvgIpc) is 3.49. The van der Waals surface area contributed by atoms with Gasteiger partial charge in [-0.1, -0.05) is 90.6 Å². The molecule has 0 saturated heterocycles. The molecule has 1 amide bonds. The minimum atomic E-state index is -0.523. The Kier molecular flexibility index (Phi) is 6.91. The summed E-state index contributed by atoms with van der Waals surface area (Å²) < 4.78 is 0. The normalized spacial score (nSPS) is 15.2. The van der Waals surface area contributed by atoms with Gasteiger partial charge in [0.15, 0.2) is 10.2 Å². The Morgan fingerprint density at radius 3 is 2.14 bits per heavy atom. The number of rotatable bonds is 5. The van der Waals surface area contributed by atoms with Crippen molar-refractivity contribution >= 4 is 57.2 Å². The van der Waals surface area contributed by atoms with E-state index in [0.717, 1.165) is 22.5 Å². The number of thiocarbonyl (C=S) groups is 1. The number of nitrogens with one attached hydrogen (secondary N) is 2. The summed E-state index contributed by atoms with van der Waals surface area (Å²) in [6.07, 6.45) is 0. The molecule has 0 fully saturated rings. The zero-order valence-electron chi connectivity index (χ0n) is 18.4. The fraction of sp³-hybridized carbons (Fsp3) is 0.0385.